The van der Waals surface area contributed by atoms with Gasteiger partial charge in [0.2, 0.25) is 5.88 Å². The quantitative estimate of drug-likeness (QED) is 0.569. The van der Waals surface area contributed by atoms with Crippen LogP contribution in [0.3, 0.4) is 0 Å². The zero-order valence-corrected chi connectivity index (χ0v) is 15.4. The Balaban J connectivity index is 1.46. The van der Waals surface area contributed by atoms with Gasteiger partial charge in [0.25, 0.3) is 5.91 Å². The summed E-state index contributed by atoms with van der Waals surface area (Å²) in [5.41, 5.74) is 2.71. The summed E-state index contributed by atoms with van der Waals surface area (Å²) in [4.78, 5) is 21.1. The van der Waals surface area contributed by atoms with E-state index in [1.165, 1.54) is 0 Å². The molecule has 0 aliphatic rings. The fraction of sp³-hybridized carbons (Fsp3) is 0.0952. The van der Waals surface area contributed by atoms with Crippen molar-refractivity contribution in [3.63, 3.8) is 0 Å². The van der Waals surface area contributed by atoms with E-state index in [9.17, 15) is 4.79 Å². The molecule has 0 aliphatic heterocycles. The molecule has 3 aromatic heterocycles. The van der Waals surface area contributed by atoms with Gasteiger partial charge in [-0.05, 0) is 37.3 Å². The number of nitrogens with zero attached hydrogens (tertiary/aromatic N) is 3. The number of pyridine rings is 2. The van der Waals surface area contributed by atoms with Gasteiger partial charge in [-0.1, -0.05) is 12.1 Å². The molecule has 28 heavy (non-hydrogen) atoms. The number of nitrogens with one attached hydrogen (secondary N) is 1. The lowest BCUT2D eigenvalue weighted by Crippen LogP contribution is -2.12. The summed E-state index contributed by atoms with van der Waals surface area (Å²) >= 11 is 0. The van der Waals surface area contributed by atoms with Crippen molar-refractivity contribution in [2.24, 2.45) is 0 Å². The first-order valence-corrected chi connectivity index (χ1v) is 8.66. The Kier molecular flexibility index (Phi) is 4.63. The van der Waals surface area contributed by atoms with Gasteiger partial charge < -0.3 is 19.2 Å². The van der Waals surface area contributed by atoms with Crippen molar-refractivity contribution in [3.8, 4) is 17.4 Å². The lowest BCUT2D eigenvalue weighted by Gasteiger charge is -2.10. The number of methoxy groups -OCH3 is 1. The molecular weight excluding hydrogens is 356 g/mol. The predicted molar refractivity (Wildman–Crippen MR) is 105 cm³/mol. The first-order chi connectivity index (χ1) is 13.6. The normalized spacial score (nSPS) is 10.6. The zero-order valence-electron chi connectivity index (χ0n) is 15.4. The van der Waals surface area contributed by atoms with Crippen molar-refractivity contribution in [1.82, 2.24) is 14.4 Å². The highest BCUT2D eigenvalue weighted by molar-refractivity contribution is 6.04. The third kappa shape index (κ3) is 3.64. The molecule has 0 aliphatic carbocycles. The second-order valence-corrected chi connectivity index (χ2v) is 6.16. The van der Waals surface area contributed by atoms with E-state index in [0.717, 1.165) is 11.3 Å². The molecule has 7 heteroatoms. The number of amides is 1. The summed E-state index contributed by atoms with van der Waals surface area (Å²) in [5, 5.41) is 2.82. The second kappa shape index (κ2) is 7.40. The van der Waals surface area contributed by atoms with Crippen LogP contribution in [0.1, 0.15) is 16.1 Å². The Labute approximate surface area is 161 Å². The maximum absolute atomic E-state index is 12.5. The largest absolute Gasteiger partial charge is 0.493 e. The fourth-order valence-corrected chi connectivity index (χ4v) is 2.78. The van der Waals surface area contributed by atoms with Gasteiger partial charge in [-0.3, -0.25) is 4.79 Å². The van der Waals surface area contributed by atoms with Gasteiger partial charge in [0.1, 0.15) is 5.65 Å². The van der Waals surface area contributed by atoms with Crippen LogP contribution in [-0.2, 0) is 0 Å². The SMILES string of the molecule is COc1ccccc1Oc1ccc(NC(=O)c2ccn3cc(C)nc3c2)cn1. The summed E-state index contributed by atoms with van der Waals surface area (Å²) < 4.78 is 12.9. The number of fused-ring (bicyclic) bond motifs is 1. The lowest BCUT2D eigenvalue weighted by atomic mass is 10.2. The Bertz CT molecular complexity index is 1140. The number of aryl methyl sites for hydroxylation is 1. The van der Waals surface area contributed by atoms with Crippen LogP contribution in [0.15, 0.2) is 67.1 Å². The summed E-state index contributed by atoms with van der Waals surface area (Å²) in [5.74, 6) is 1.35. The molecule has 4 rings (SSSR count). The summed E-state index contributed by atoms with van der Waals surface area (Å²) in [6, 6.07) is 14.2. The van der Waals surface area contributed by atoms with Crippen LogP contribution in [0.25, 0.3) is 5.65 Å². The lowest BCUT2D eigenvalue weighted by molar-refractivity contribution is 0.102. The van der Waals surface area contributed by atoms with Crippen molar-refractivity contribution in [1.29, 1.82) is 0 Å². The number of imidazole rings is 1. The number of carbonyl (C=O) groups is 1. The van der Waals surface area contributed by atoms with Gasteiger partial charge in [0.05, 0.1) is 24.7 Å². The molecule has 0 fully saturated rings. The number of carbonyl (C=O) groups excluding carboxylic acids is 1. The fourth-order valence-electron chi connectivity index (χ4n) is 2.78. The Morgan fingerprint density at radius 1 is 1.11 bits per heavy atom. The monoisotopic (exact) mass is 374 g/mol. The van der Waals surface area contributed by atoms with Crippen LogP contribution in [0.2, 0.25) is 0 Å². The molecule has 0 saturated carbocycles. The summed E-state index contributed by atoms with van der Waals surface area (Å²) in [7, 11) is 1.58. The average Bonchev–Trinajstić information content (AvgIpc) is 3.09. The number of rotatable bonds is 5. The van der Waals surface area contributed by atoms with Crippen LogP contribution in [0.4, 0.5) is 5.69 Å². The molecule has 4 aromatic rings. The molecule has 1 N–H and O–H groups in total. The van der Waals surface area contributed by atoms with Gasteiger partial charge in [0.15, 0.2) is 11.5 Å². The minimum Gasteiger partial charge on any atom is -0.493 e. The molecule has 0 saturated heterocycles. The van der Waals surface area contributed by atoms with Crippen LogP contribution in [-0.4, -0.2) is 27.4 Å². The second-order valence-electron chi connectivity index (χ2n) is 6.16. The van der Waals surface area contributed by atoms with E-state index >= 15 is 0 Å². The van der Waals surface area contributed by atoms with E-state index in [2.05, 4.69) is 15.3 Å². The zero-order chi connectivity index (χ0) is 19.5. The predicted octanol–water partition coefficient (Wildman–Crippen LogP) is 4.09. The van der Waals surface area contributed by atoms with E-state index < -0.39 is 0 Å². The van der Waals surface area contributed by atoms with Crippen molar-refractivity contribution in [2.45, 2.75) is 6.92 Å². The van der Waals surface area contributed by atoms with E-state index in [4.69, 9.17) is 9.47 Å². The van der Waals surface area contributed by atoms with Crippen LogP contribution in [0.5, 0.6) is 17.4 Å². The van der Waals surface area contributed by atoms with E-state index in [-0.39, 0.29) is 5.91 Å². The van der Waals surface area contributed by atoms with E-state index in [1.54, 1.807) is 43.6 Å². The Hall–Kier alpha value is -3.87. The number of aromatic nitrogens is 3. The highest BCUT2D eigenvalue weighted by Gasteiger charge is 2.10. The number of anilines is 1. The molecule has 140 valence electrons. The molecule has 0 unspecified atom stereocenters. The standard InChI is InChI=1S/C21H18N4O3/c1-14-13-25-10-9-15(11-19(25)23-14)21(26)24-16-7-8-20(22-12-16)28-18-6-4-3-5-17(18)27-2/h3-13H,1-2H3,(H,24,26). The van der Waals surface area contributed by atoms with Gasteiger partial charge >= 0.3 is 0 Å². The van der Waals surface area contributed by atoms with Crippen LogP contribution in [0, 0.1) is 6.92 Å². The molecule has 0 radical (unpaired) electrons. The maximum Gasteiger partial charge on any atom is 0.255 e. The first-order valence-electron chi connectivity index (χ1n) is 8.66. The number of benzene rings is 1. The molecular formula is C21H18N4O3. The molecule has 0 atom stereocenters. The van der Waals surface area contributed by atoms with Crippen molar-refractivity contribution in [2.75, 3.05) is 12.4 Å². The first kappa shape index (κ1) is 17.5. The molecule has 7 nitrogen and oxygen atoms in total. The number of ether oxygens (including phenoxy) is 2. The van der Waals surface area contributed by atoms with Crippen molar-refractivity contribution < 1.29 is 14.3 Å². The van der Waals surface area contributed by atoms with Gasteiger partial charge in [0, 0.05) is 24.0 Å². The van der Waals surface area contributed by atoms with Gasteiger partial charge in [-0.15, -0.1) is 0 Å². The highest BCUT2D eigenvalue weighted by Crippen LogP contribution is 2.30. The molecule has 3 heterocycles. The third-order valence-corrected chi connectivity index (χ3v) is 4.12. The number of hydrogen-bond donors (Lipinski definition) is 1. The Morgan fingerprint density at radius 3 is 2.68 bits per heavy atom. The topological polar surface area (TPSA) is 77.8 Å². The third-order valence-electron chi connectivity index (χ3n) is 4.12. The average molecular weight is 374 g/mol. The minimum absolute atomic E-state index is 0.233. The van der Waals surface area contributed by atoms with Crippen molar-refractivity contribution >= 4 is 17.2 Å². The van der Waals surface area contributed by atoms with E-state index in [1.807, 2.05) is 41.9 Å². The Morgan fingerprint density at radius 2 is 1.93 bits per heavy atom. The van der Waals surface area contributed by atoms with E-state index in [0.29, 0.717) is 28.6 Å². The highest BCUT2D eigenvalue weighted by atomic mass is 16.5. The smallest absolute Gasteiger partial charge is 0.255 e. The maximum atomic E-state index is 12.5. The number of para-hydroxylation sites is 2. The van der Waals surface area contributed by atoms with Crippen LogP contribution >= 0.6 is 0 Å². The molecule has 1 amide bonds. The summed E-state index contributed by atoms with van der Waals surface area (Å²) in [6.45, 7) is 1.91. The molecule has 0 spiro atoms. The molecule has 0 bridgehead atoms. The number of hydrogen-bond acceptors (Lipinski definition) is 5. The van der Waals surface area contributed by atoms with Crippen molar-refractivity contribution in [3.05, 3.63) is 78.4 Å². The minimum atomic E-state index is -0.233. The van der Waals surface area contributed by atoms with Crippen LogP contribution < -0.4 is 14.8 Å². The summed E-state index contributed by atoms with van der Waals surface area (Å²) in [6.07, 6.45) is 5.26. The van der Waals surface area contributed by atoms with Gasteiger partial charge in [-0.25, -0.2) is 9.97 Å². The van der Waals surface area contributed by atoms with Gasteiger partial charge in [-0.2, -0.15) is 0 Å². The molecule has 1 aromatic carbocycles.